The number of benzene rings is 2. The molecule has 0 spiro atoms. The van der Waals surface area contributed by atoms with E-state index >= 15 is 0 Å². The Morgan fingerprint density at radius 3 is 2.08 bits per heavy atom. The number of aromatic hydroxyl groups is 4. The van der Waals surface area contributed by atoms with Crippen LogP contribution >= 0.6 is 0 Å². The number of rotatable bonds is 7. The molecule has 0 aliphatic heterocycles. The molecule has 0 heterocycles. The Morgan fingerprint density at radius 1 is 0.962 bits per heavy atom. The predicted molar refractivity (Wildman–Crippen MR) is 99.7 cm³/mol. The normalized spacial score (nSPS) is 14.6. The molecule has 0 bridgehead atoms. The topological polar surface area (TPSA) is 98.0 Å². The Labute approximate surface area is 153 Å². The lowest BCUT2D eigenvalue weighted by Crippen LogP contribution is -2.37. The molecule has 0 amide bonds. The van der Waals surface area contributed by atoms with E-state index in [2.05, 4.69) is 0 Å². The van der Waals surface area contributed by atoms with Crippen LogP contribution in [0.3, 0.4) is 0 Å². The Bertz CT molecular complexity index is 799. The van der Waals surface area contributed by atoms with Gasteiger partial charge in [-0.3, -0.25) is 4.79 Å². The van der Waals surface area contributed by atoms with Gasteiger partial charge in [-0.2, -0.15) is 0 Å². The molecule has 5 heteroatoms. The fourth-order valence-electron chi connectivity index (χ4n) is 3.46. The van der Waals surface area contributed by atoms with E-state index in [1.54, 1.807) is 12.1 Å². The van der Waals surface area contributed by atoms with E-state index in [1.807, 2.05) is 20.8 Å². The first-order chi connectivity index (χ1) is 12.2. The Kier molecular flexibility index (Phi) is 5.80. The number of carbonyl (C=O) groups excluding carboxylic acids is 1. The van der Waals surface area contributed by atoms with Gasteiger partial charge in [-0.1, -0.05) is 32.4 Å². The van der Waals surface area contributed by atoms with Gasteiger partial charge in [0.15, 0.2) is 23.0 Å². The zero-order chi connectivity index (χ0) is 19.5. The average Bonchev–Trinajstić information content (AvgIpc) is 2.59. The summed E-state index contributed by atoms with van der Waals surface area (Å²) in [4.78, 5) is 13.3. The van der Waals surface area contributed by atoms with Crippen molar-refractivity contribution in [3.63, 3.8) is 0 Å². The lowest BCUT2D eigenvalue weighted by atomic mass is 9.70. The van der Waals surface area contributed by atoms with E-state index in [-0.39, 0.29) is 34.7 Å². The Hall–Kier alpha value is -2.69. The molecule has 0 aliphatic carbocycles. The molecule has 0 saturated carbocycles. The molecule has 0 aromatic heterocycles. The number of Topliss-reactive ketones (excluding diaryl/α,β-unsaturated/α-hetero) is 1. The van der Waals surface area contributed by atoms with Gasteiger partial charge in [0.1, 0.15) is 5.78 Å². The molecular weight excluding hydrogens is 332 g/mol. The largest absolute Gasteiger partial charge is 0.504 e. The molecule has 5 nitrogen and oxygen atoms in total. The van der Waals surface area contributed by atoms with E-state index in [0.29, 0.717) is 18.4 Å². The predicted octanol–water partition coefficient (Wildman–Crippen LogP) is 4.01. The van der Waals surface area contributed by atoms with E-state index in [9.17, 15) is 25.2 Å². The van der Waals surface area contributed by atoms with Crippen LogP contribution in [0.5, 0.6) is 23.0 Å². The van der Waals surface area contributed by atoms with Crippen molar-refractivity contribution in [2.24, 2.45) is 5.92 Å². The van der Waals surface area contributed by atoms with Crippen LogP contribution in [0.2, 0.25) is 0 Å². The molecule has 140 valence electrons. The number of carbonyl (C=O) groups is 1. The second-order valence-electron chi connectivity index (χ2n) is 7.08. The summed E-state index contributed by atoms with van der Waals surface area (Å²) in [6, 6.07) is 9.06. The van der Waals surface area contributed by atoms with Gasteiger partial charge < -0.3 is 20.4 Å². The first kappa shape index (κ1) is 19.6. The first-order valence-corrected chi connectivity index (χ1v) is 8.76. The number of phenolic OH excluding ortho intramolecular Hbond substituents is 4. The van der Waals surface area contributed by atoms with Crippen molar-refractivity contribution in [2.75, 3.05) is 0 Å². The molecule has 0 aliphatic rings. The third-order valence-electron chi connectivity index (χ3n) is 4.94. The molecule has 2 rings (SSSR count). The van der Waals surface area contributed by atoms with Crippen LogP contribution in [0.25, 0.3) is 0 Å². The van der Waals surface area contributed by atoms with Crippen molar-refractivity contribution < 1.29 is 25.2 Å². The summed E-state index contributed by atoms with van der Waals surface area (Å²) in [5, 5.41) is 38.4. The maximum absolute atomic E-state index is 13.3. The highest BCUT2D eigenvalue weighted by molar-refractivity contribution is 5.91. The molecule has 0 fully saturated rings. The van der Waals surface area contributed by atoms with Crippen molar-refractivity contribution >= 4 is 5.78 Å². The van der Waals surface area contributed by atoms with E-state index in [0.717, 1.165) is 12.0 Å². The van der Waals surface area contributed by atoms with E-state index < -0.39 is 5.41 Å². The first-order valence-electron chi connectivity index (χ1n) is 8.76. The number of phenols is 4. The summed E-state index contributed by atoms with van der Waals surface area (Å²) in [6.45, 7) is 5.68. The zero-order valence-electron chi connectivity index (χ0n) is 15.4. The quantitative estimate of drug-likeness (QED) is 0.561. The van der Waals surface area contributed by atoms with Gasteiger partial charge in [0, 0.05) is 5.92 Å². The van der Waals surface area contributed by atoms with Gasteiger partial charge in [-0.25, -0.2) is 0 Å². The van der Waals surface area contributed by atoms with Crippen LogP contribution in [0, 0.1) is 5.92 Å². The van der Waals surface area contributed by atoms with Gasteiger partial charge in [-0.05, 0) is 55.2 Å². The number of hydrogen-bond acceptors (Lipinski definition) is 5. The second-order valence-corrected chi connectivity index (χ2v) is 7.08. The van der Waals surface area contributed by atoms with Gasteiger partial charge in [0.05, 0.1) is 5.41 Å². The highest BCUT2D eigenvalue weighted by Gasteiger charge is 2.37. The van der Waals surface area contributed by atoms with Crippen LogP contribution in [-0.2, 0) is 16.6 Å². The molecule has 2 atom stereocenters. The summed E-state index contributed by atoms with van der Waals surface area (Å²) in [5.74, 6) is -1.16. The molecule has 0 radical (unpaired) electrons. The van der Waals surface area contributed by atoms with Crippen molar-refractivity contribution in [3.05, 3.63) is 47.5 Å². The van der Waals surface area contributed by atoms with Gasteiger partial charge in [0.25, 0.3) is 0 Å². The van der Waals surface area contributed by atoms with Crippen molar-refractivity contribution in [2.45, 2.75) is 45.4 Å². The SMILES string of the molecule is CCCC(C)(C(=O)C(C)Cc1ccc(O)c(O)c1)c1ccc(O)c(O)c1. The standard InChI is InChI=1S/C21H26O5/c1-4-9-21(3,15-6-8-17(23)19(25)12-15)20(26)13(2)10-14-5-7-16(22)18(24)11-14/h5-8,11-13,22-25H,4,9-10H2,1-3H3. The number of ketones is 1. The van der Waals surface area contributed by atoms with Crippen LogP contribution in [-0.4, -0.2) is 26.2 Å². The van der Waals surface area contributed by atoms with Crippen LogP contribution in [0.4, 0.5) is 0 Å². The fourth-order valence-corrected chi connectivity index (χ4v) is 3.46. The van der Waals surface area contributed by atoms with E-state index in [4.69, 9.17) is 0 Å². The molecule has 2 aromatic carbocycles. The smallest absolute Gasteiger partial charge is 0.157 e. The highest BCUT2D eigenvalue weighted by Crippen LogP contribution is 2.38. The van der Waals surface area contributed by atoms with Crippen LogP contribution < -0.4 is 0 Å². The Balaban J connectivity index is 2.30. The molecule has 2 unspecified atom stereocenters. The summed E-state index contributed by atoms with van der Waals surface area (Å²) in [6.07, 6.45) is 1.83. The van der Waals surface area contributed by atoms with Crippen molar-refractivity contribution in [1.82, 2.24) is 0 Å². The summed E-state index contributed by atoms with van der Waals surface area (Å²) >= 11 is 0. The molecule has 0 saturated heterocycles. The molecule has 4 N–H and O–H groups in total. The zero-order valence-corrected chi connectivity index (χ0v) is 15.4. The molecule has 2 aromatic rings. The van der Waals surface area contributed by atoms with Crippen molar-refractivity contribution in [1.29, 1.82) is 0 Å². The average molecular weight is 358 g/mol. The lowest BCUT2D eigenvalue weighted by molar-refractivity contribution is -0.127. The minimum atomic E-state index is -0.793. The highest BCUT2D eigenvalue weighted by atomic mass is 16.3. The third-order valence-corrected chi connectivity index (χ3v) is 4.94. The summed E-state index contributed by atoms with van der Waals surface area (Å²) < 4.78 is 0. The summed E-state index contributed by atoms with van der Waals surface area (Å²) in [5.41, 5.74) is 0.631. The molecule has 26 heavy (non-hydrogen) atoms. The molecular formula is C21H26O5. The maximum atomic E-state index is 13.3. The minimum Gasteiger partial charge on any atom is -0.504 e. The lowest BCUT2D eigenvalue weighted by Gasteiger charge is -2.31. The van der Waals surface area contributed by atoms with E-state index in [1.165, 1.54) is 24.3 Å². The number of hydrogen-bond donors (Lipinski definition) is 4. The minimum absolute atomic E-state index is 0.0250. The third kappa shape index (κ3) is 3.93. The Morgan fingerprint density at radius 2 is 1.54 bits per heavy atom. The second kappa shape index (κ2) is 7.68. The fraction of sp³-hybridized carbons (Fsp3) is 0.381. The van der Waals surface area contributed by atoms with Crippen molar-refractivity contribution in [3.8, 4) is 23.0 Å². The van der Waals surface area contributed by atoms with Gasteiger partial charge in [0.2, 0.25) is 0 Å². The van der Waals surface area contributed by atoms with Crippen LogP contribution in [0.1, 0.15) is 44.7 Å². The maximum Gasteiger partial charge on any atom is 0.157 e. The van der Waals surface area contributed by atoms with Crippen LogP contribution in [0.15, 0.2) is 36.4 Å². The monoisotopic (exact) mass is 358 g/mol. The van der Waals surface area contributed by atoms with Gasteiger partial charge >= 0.3 is 0 Å². The van der Waals surface area contributed by atoms with Gasteiger partial charge in [-0.15, -0.1) is 0 Å². The summed E-state index contributed by atoms with van der Waals surface area (Å²) in [7, 11) is 0.